The van der Waals surface area contributed by atoms with E-state index in [1.54, 1.807) is 0 Å². The summed E-state index contributed by atoms with van der Waals surface area (Å²) in [6.07, 6.45) is 0. The molecule has 0 unspecified atom stereocenters. The standard InChI is InChI=1S/C8H12Cl2/c1-5(2)7(9)8(10)6(3)4/h1-4H3. The number of hydrogen-bond donors (Lipinski definition) is 0. The number of rotatable bonds is 1. The van der Waals surface area contributed by atoms with E-state index in [0.717, 1.165) is 11.1 Å². The fourth-order valence-corrected chi connectivity index (χ4v) is 0.817. The summed E-state index contributed by atoms with van der Waals surface area (Å²) in [5.74, 6) is 0. The molecule has 0 heterocycles. The zero-order chi connectivity index (χ0) is 8.31. The monoisotopic (exact) mass is 178 g/mol. The van der Waals surface area contributed by atoms with E-state index >= 15 is 0 Å². The lowest BCUT2D eigenvalue weighted by Crippen LogP contribution is -1.79. The zero-order valence-corrected chi connectivity index (χ0v) is 8.27. The van der Waals surface area contributed by atoms with Crippen LogP contribution >= 0.6 is 23.2 Å². The zero-order valence-electron chi connectivity index (χ0n) is 6.76. The van der Waals surface area contributed by atoms with Crippen molar-refractivity contribution in [2.24, 2.45) is 0 Å². The van der Waals surface area contributed by atoms with Gasteiger partial charge in [0.25, 0.3) is 0 Å². The van der Waals surface area contributed by atoms with Crippen LogP contribution in [0.15, 0.2) is 21.2 Å². The third kappa shape index (κ3) is 2.76. The van der Waals surface area contributed by atoms with Crippen molar-refractivity contribution in [2.75, 3.05) is 0 Å². The van der Waals surface area contributed by atoms with Crippen molar-refractivity contribution >= 4 is 23.2 Å². The molecule has 0 spiro atoms. The number of allylic oxidation sites excluding steroid dienone is 4. The maximum absolute atomic E-state index is 5.85. The van der Waals surface area contributed by atoms with Crippen molar-refractivity contribution in [2.45, 2.75) is 27.7 Å². The second-order valence-corrected chi connectivity index (χ2v) is 3.38. The van der Waals surface area contributed by atoms with Crippen LogP contribution in [0.3, 0.4) is 0 Å². The first-order chi connectivity index (χ1) is 4.46. The summed E-state index contributed by atoms with van der Waals surface area (Å²) in [6, 6.07) is 0. The maximum Gasteiger partial charge on any atom is 0.0578 e. The van der Waals surface area contributed by atoms with Gasteiger partial charge in [0, 0.05) is 0 Å². The van der Waals surface area contributed by atoms with E-state index in [2.05, 4.69) is 0 Å². The summed E-state index contributed by atoms with van der Waals surface area (Å²) < 4.78 is 0. The molecule has 0 nitrogen and oxygen atoms in total. The lowest BCUT2D eigenvalue weighted by molar-refractivity contribution is 1.32. The highest BCUT2D eigenvalue weighted by Crippen LogP contribution is 2.25. The van der Waals surface area contributed by atoms with Crippen LogP contribution < -0.4 is 0 Å². The van der Waals surface area contributed by atoms with Gasteiger partial charge in [0.1, 0.15) is 0 Å². The molecule has 0 aromatic rings. The Morgan fingerprint density at radius 3 is 1.00 bits per heavy atom. The molecule has 0 N–H and O–H groups in total. The number of halogens is 2. The van der Waals surface area contributed by atoms with Crippen molar-refractivity contribution in [3.8, 4) is 0 Å². The van der Waals surface area contributed by atoms with Crippen LogP contribution in [-0.4, -0.2) is 0 Å². The van der Waals surface area contributed by atoms with Crippen LogP contribution in [0, 0.1) is 0 Å². The van der Waals surface area contributed by atoms with Crippen LogP contribution in [0.1, 0.15) is 27.7 Å². The van der Waals surface area contributed by atoms with Crippen LogP contribution in [0.4, 0.5) is 0 Å². The third-order valence-electron chi connectivity index (χ3n) is 1.07. The van der Waals surface area contributed by atoms with Gasteiger partial charge in [-0.2, -0.15) is 0 Å². The molecule has 0 amide bonds. The van der Waals surface area contributed by atoms with Gasteiger partial charge in [0.15, 0.2) is 0 Å². The van der Waals surface area contributed by atoms with Gasteiger partial charge in [0.2, 0.25) is 0 Å². The van der Waals surface area contributed by atoms with E-state index in [9.17, 15) is 0 Å². The van der Waals surface area contributed by atoms with Crippen LogP contribution in [0.2, 0.25) is 0 Å². The van der Waals surface area contributed by atoms with Crippen molar-refractivity contribution in [3.05, 3.63) is 21.2 Å². The Morgan fingerprint density at radius 2 is 0.900 bits per heavy atom. The fourth-order valence-electron chi connectivity index (χ4n) is 0.439. The fraction of sp³-hybridized carbons (Fsp3) is 0.500. The molecule has 0 aliphatic rings. The van der Waals surface area contributed by atoms with Gasteiger partial charge in [-0.15, -0.1) is 0 Å². The van der Waals surface area contributed by atoms with E-state index in [1.165, 1.54) is 0 Å². The van der Waals surface area contributed by atoms with E-state index in [1.807, 2.05) is 27.7 Å². The SMILES string of the molecule is CC(C)=C(Cl)C(Cl)=C(C)C. The van der Waals surface area contributed by atoms with E-state index < -0.39 is 0 Å². The topological polar surface area (TPSA) is 0 Å². The van der Waals surface area contributed by atoms with Crippen molar-refractivity contribution in [1.29, 1.82) is 0 Å². The lowest BCUT2D eigenvalue weighted by atomic mass is 10.2. The summed E-state index contributed by atoms with van der Waals surface area (Å²) in [7, 11) is 0. The molecule has 0 saturated heterocycles. The molecule has 0 aromatic heterocycles. The van der Waals surface area contributed by atoms with E-state index in [4.69, 9.17) is 23.2 Å². The van der Waals surface area contributed by atoms with Gasteiger partial charge in [0.05, 0.1) is 10.1 Å². The summed E-state index contributed by atoms with van der Waals surface area (Å²) >= 11 is 11.7. The van der Waals surface area contributed by atoms with Gasteiger partial charge >= 0.3 is 0 Å². The first-order valence-corrected chi connectivity index (χ1v) is 3.88. The Kier molecular flexibility index (Phi) is 4.07. The maximum atomic E-state index is 5.85. The minimum absolute atomic E-state index is 0.668. The predicted molar refractivity (Wildman–Crippen MR) is 48.5 cm³/mol. The van der Waals surface area contributed by atoms with Gasteiger partial charge in [-0.1, -0.05) is 34.3 Å². The van der Waals surface area contributed by atoms with E-state index in [-0.39, 0.29) is 0 Å². The van der Waals surface area contributed by atoms with Crippen LogP contribution in [0.25, 0.3) is 0 Å². The Labute approximate surface area is 72.5 Å². The first kappa shape index (κ1) is 10.1. The van der Waals surface area contributed by atoms with Gasteiger partial charge in [-0.3, -0.25) is 0 Å². The summed E-state index contributed by atoms with van der Waals surface area (Å²) in [5, 5.41) is 1.34. The average Bonchev–Trinajstić information content (AvgIpc) is 1.84. The molecular formula is C8H12Cl2. The quantitative estimate of drug-likeness (QED) is 0.532. The van der Waals surface area contributed by atoms with E-state index in [0.29, 0.717) is 10.1 Å². The summed E-state index contributed by atoms with van der Waals surface area (Å²) in [5.41, 5.74) is 2.10. The molecule has 0 saturated carbocycles. The highest BCUT2D eigenvalue weighted by atomic mass is 35.5. The largest absolute Gasteiger partial charge is 0.0828 e. The molecule has 0 radical (unpaired) electrons. The normalized spacial score (nSPS) is 9.00. The van der Waals surface area contributed by atoms with Crippen molar-refractivity contribution in [1.82, 2.24) is 0 Å². The molecule has 2 heteroatoms. The van der Waals surface area contributed by atoms with Gasteiger partial charge in [-0.25, -0.2) is 0 Å². The average molecular weight is 179 g/mol. The molecule has 0 bridgehead atoms. The third-order valence-corrected chi connectivity index (χ3v) is 2.30. The highest BCUT2D eigenvalue weighted by Gasteiger charge is 2.01. The lowest BCUT2D eigenvalue weighted by Gasteiger charge is -2.00. The minimum Gasteiger partial charge on any atom is -0.0828 e. The van der Waals surface area contributed by atoms with Gasteiger partial charge < -0.3 is 0 Å². The van der Waals surface area contributed by atoms with Crippen molar-refractivity contribution in [3.63, 3.8) is 0 Å². The molecule has 0 fully saturated rings. The van der Waals surface area contributed by atoms with Crippen molar-refractivity contribution < 1.29 is 0 Å². The predicted octanol–water partition coefficient (Wildman–Crippen LogP) is 4.05. The molecule has 0 aromatic carbocycles. The van der Waals surface area contributed by atoms with Crippen LogP contribution in [-0.2, 0) is 0 Å². The number of hydrogen-bond acceptors (Lipinski definition) is 0. The first-order valence-electron chi connectivity index (χ1n) is 3.13. The molecule has 58 valence electrons. The second kappa shape index (κ2) is 4.05. The molecular weight excluding hydrogens is 167 g/mol. The smallest absolute Gasteiger partial charge is 0.0578 e. The Hall–Kier alpha value is 0.0600. The molecule has 0 aliphatic heterocycles. The molecule has 0 aliphatic carbocycles. The minimum atomic E-state index is 0.668. The van der Waals surface area contributed by atoms with Crippen LogP contribution in [0.5, 0.6) is 0 Å². The Morgan fingerprint density at radius 1 is 0.700 bits per heavy atom. The molecule has 10 heavy (non-hydrogen) atoms. The molecule has 0 atom stereocenters. The molecule has 0 rings (SSSR count). The van der Waals surface area contributed by atoms with Gasteiger partial charge in [-0.05, 0) is 27.7 Å². The summed E-state index contributed by atoms with van der Waals surface area (Å²) in [6.45, 7) is 7.75. The highest BCUT2D eigenvalue weighted by molar-refractivity contribution is 6.44. The Bertz CT molecular complexity index is 157. The second-order valence-electron chi connectivity index (χ2n) is 2.63. The summed E-state index contributed by atoms with van der Waals surface area (Å²) in [4.78, 5) is 0. The Balaban J connectivity index is 4.71.